The molecule has 0 aliphatic carbocycles. The van der Waals surface area contributed by atoms with E-state index in [1.54, 1.807) is 0 Å². The average Bonchev–Trinajstić information content (AvgIpc) is 2.39. The third-order valence-corrected chi connectivity index (χ3v) is 3.32. The number of amides is 1. The van der Waals surface area contributed by atoms with Gasteiger partial charge in [-0.2, -0.15) is 0 Å². The Morgan fingerprint density at radius 1 is 1.47 bits per heavy atom. The summed E-state index contributed by atoms with van der Waals surface area (Å²) in [7, 11) is 4.06. The molecule has 1 amide bonds. The number of hydrogen-bond donors (Lipinski definition) is 2. The lowest BCUT2D eigenvalue weighted by molar-refractivity contribution is 0.0930. The van der Waals surface area contributed by atoms with Gasteiger partial charge in [0, 0.05) is 24.7 Å². The fourth-order valence-electron chi connectivity index (χ4n) is 2.42. The molecule has 1 unspecified atom stereocenters. The lowest BCUT2D eigenvalue weighted by Gasteiger charge is -2.23. The summed E-state index contributed by atoms with van der Waals surface area (Å²) in [6.45, 7) is 2.79. The van der Waals surface area contributed by atoms with Gasteiger partial charge >= 0.3 is 0 Å². The molecule has 0 spiro atoms. The van der Waals surface area contributed by atoms with Crippen LogP contribution in [0, 0.1) is 0 Å². The molecule has 1 atom stereocenters. The lowest BCUT2D eigenvalue weighted by Crippen LogP contribution is -2.45. The van der Waals surface area contributed by atoms with Crippen LogP contribution in [0.3, 0.4) is 0 Å². The fourth-order valence-corrected chi connectivity index (χ4v) is 2.42. The molecule has 4 heteroatoms. The molecule has 1 heterocycles. The smallest absolute Gasteiger partial charge is 0.251 e. The highest BCUT2D eigenvalue weighted by molar-refractivity contribution is 5.94. The molecule has 1 aliphatic heterocycles. The molecule has 1 aromatic rings. The van der Waals surface area contributed by atoms with E-state index in [9.17, 15) is 4.79 Å². The highest BCUT2D eigenvalue weighted by atomic mass is 16.1. The second-order valence-corrected chi connectivity index (χ2v) is 5.45. The van der Waals surface area contributed by atoms with Crippen molar-refractivity contribution < 1.29 is 4.79 Å². The quantitative estimate of drug-likeness (QED) is 0.857. The molecule has 2 N–H and O–H groups in total. The fraction of sp³-hybridized carbons (Fsp3) is 0.533. The predicted molar refractivity (Wildman–Crippen MR) is 77.2 cm³/mol. The topological polar surface area (TPSA) is 44.4 Å². The highest BCUT2D eigenvalue weighted by Gasteiger charge is 2.16. The minimum Gasteiger partial charge on any atom is -0.348 e. The number of rotatable bonds is 4. The first-order valence-corrected chi connectivity index (χ1v) is 6.90. The Bertz CT molecular complexity index is 425. The summed E-state index contributed by atoms with van der Waals surface area (Å²) in [5.74, 6) is 0.0364. The van der Waals surface area contributed by atoms with Crippen LogP contribution in [0.15, 0.2) is 24.3 Å². The van der Waals surface area contributed by atoms with Crippen LogP contribution >= 0.6 is 0 Å². The van der Waals surface area contributed by atoms with Gasteiger partial charge in [-0.1, -0.05) is 12.1 Å². The number of piperidine rings is 1. The average molecular weight is 261 g/mol. The third kappa shape index (κ3) is 4.33. The Labute approximate surface area is 115 Å². The SMILES string of the molecule is CN(C)Cc1cccc(C(=O)NC2CCCNC2)c1. The van der Waals surface area contributed by atoms with Gasteiger partial charge in [0.1, 0.15) is 0 Å². The van der Waals surface area contributed by atoms with Gasteiger partial charge in [0.2, 0.25) is 0 Å². The highest BCUT2D eigenvalue weighted by Crippen LogP contribution is 2.09. The maximum Gasteiger partial charge on any atom is 0.251 e. The van der Waals surface area contributed by atoms with Gasteiger partial charge in [-0.15, -0.1) is 0 Å². The summed E-state index contributed by atoms with van der Waals surface area (Å²) >= 11 is 0. The first kappa shape index (κ1) is 14.0. The molecule has 0 saturated carbocycles. The number of nitrogens with zero attached hydrogens (tertiary/aromatic N) is 1. The molecule has 4 nitrogen and oxygen atoms in total. The molecule has 1 aliphatic rings. The zero-order valence-corrected chi connectivity index (χ0v) is 11.8. The van der Waals surface area contributed by atoms with Crippen molar-refractivity contribution in [3.8, 4) is 0 Å². The van der Waals surface area contributed by atoms with E-state index in [4.69, 9.17) is 0 Å². The first-order valence-electron chi connectivity index (χ1n) is 6.90. The van der Waals surface area contributed by atoms with E-state index in [-0.39, 0.29) is 11.9 Å². The summed E-state index contributed by atoms with van der Waals surface area (Å²) < 4.78 is 0. The van der Waals surface area contributed by atoms with E-state index < -0.39 is 0 Å². The van der Waals surface area contributed by atoms with Crippen molar-refractivity contribution in [2.24, 2.45) is 0 Å². The van der Waals surface area contributed by atoms with E-state index in [1.165, 1.54) is 5.56 Å². The van der Waals surface area contributed by atoms with Crippen molar-refractivity contribution in [2.45, 2.75) is 25.4 Å². The normalized spacial score (nSPS) is 19.4. The number of carbonyl (C=O) groups is 1. The first-order chi connectivity index (χ1) is 9.15. The van der Waals surface area contributed by atoms with Gasteiger partial charge in [-0.25, -0.2) is 0 Å². The van der Waals surface area contributed by atoms with Crippen LogP contribution in [-0.4, -0.2) is 44.0 Å². The molecular formula is C15H23N3O. The van der Waals surface area contributed by atoms with Gasteiger partial charge in [0.15, 0.2) is 0 Å². The molecule has 0 bridgehead atoms. The second-order valence-electron chi connectivity index (χ2n) is 5.45. The van der Waals surface area contributed by atoms with Crippen LogP contribution in [0.2, 0.25) is 0 Å². The Kier molecular flexibility index (Phi) is 4.93. The molecule has 0 aromatic heterocycles. The molecule has 1 aromatic carbocycles. The lowest BCUT2D eigenvalue weighted by atomic mass is 10.1. The van der Waals surface area contributed by atoms with Gasteiger partial charge in [0.25, 0.3) is 5.91 Å². The minimum atomic E-state index is 0.0364. The molecular weight excluding hydrogens is 238 g/mol. The van der Waals surface area contributed by atoms with Gasteiger partial charge in [-0.05, 0) is 51.2 Å². The van der Waals surface area contributed by atoms with E-state index in [0.717, 1.165) is 38.0 Å². The van der Waals surface area contributed by atoms with Crippen molar-refractivity contribution in [2.75, 3.05) is 27.2 Å². The molecule has 2 rings (SSSR count). The number of nitrogens with one attached hydrogen (secondary N) is 2. The molecule has 104 valence electrons. The van der Waals surface area contributed by atoms with Crippen molar-refractivity contribution >= 4 is 5.91 Å². The summed E-state index contributed by atoms with van der Waals surface area (Å²) in [5.41, 5.74) is 1.92. The van der Waals surface area contributed by atoms with Crippen LogP contribution in [0.25, 0.3) is 0 Å². The number of hydrogen-bond acceptors (Lipinski definition) is 3. The summed E-state index contributed by atoms with van der Waals surface area (Å²) in [6.07, 6.45) is 2.20. The van der Waals surface area contributed by atoms with Gasteiger partial charge in [-0.3, -0.25) is 4.79 Å². The zero-order valence-electron chi connectivity index (χ0n) is 11.8. The number of benzene rings is 1. The zero-order chi connectivity index (χ0) is 13.7. The predicted octanol–water partition coefficient (Wildman–Crippen LogP) is 1.23. The van der Waals surface area contributed by atoms with Gasteiger partial charge in [0.05, 0.1) is 0 Å². The van der Waals surface area contributed by atoms with Crippen LogP contribution in [0.1, 0.15) is 28.8 Å². The Morgan fingerprint density at radius 3 is 3.00 bits per heavy atom. The second kappa shape index (κ2) is 6.68. The maximum atomic E-state index is 12.2. The summed E-state index contributed by atoms with van der Waals surface area (Å²) in [6, 6.07) is 8.13. The molecule has 19 heavy (non-hydrogen) atoms. The maximum absolute atomic E-state index is 12.2. The summed E-state index contributed by atoms with van der Waals surface area (Å²) in [5, 5.41) is 6.41. The van der Waals surface area contributed by atoms with Crippen LogP contribution in [0.5, 0.6) is 0 Å². The van der Waals surface area contributed by atoms with E-state index in [1.807, 2.05) is 32.3 Å². The van der Waals surface area contributed by atoms with Crippen LogP contribution in [0.4, 0.5) is 0 Å². The largest absolute Gasteiger partial charge is 0.348 e. The van der Waals surface area contributed by atoms with Gasteiger partial charge < -0.3 is 15.5 Å². The summed E-state index contributed by atoms with van der Waals surface area (Å²) in [4.78, 5) is 14.3. The number of carbonyl (C=O) groups excluding carboxylic acids is 1. The van der Waals surface area contributed by atoms with E-state index in [0.29, 0.717) is 0 Å². The molecule has 1 fully saturated rings. The Balaban J connectivity index is 1.97. The minimum absolute atomic E-state index is 0.0364. The van der Waals surface area contributed by atoms with Crippen LogP contribution < -0.4 is 10.6 Å². The molecule has 0 radical (unpaired) electrons. The van der Waals surface area contributed by atoms with Crippen molar-refractivity contribution in [3.63, 3.8) is 0 Å². The Morgan fingerprint density at radius 2 is 2.32 bits per heavy atom. The Hall–Kier alpha value is -1.39. The molecule has 1 saturated heterocycles. The monoisotopic (exact) mass is 261 g/mol. The van der Waals surface area contributed by atoms with Crippen molar-refractivity contribution in [1.82, 2.24) is 15.5 Å². The third-order valence-electron chi connectivity index (χ3n) is 3.32. The van der Waals surface area contributed by atoms with E-state index >= 15 is 0 Å². The van der Waals surface area contributed by atoms with Crippen LogP contribution in [-0.2, 0) is 6.54 Å². The van der Waals surface area contributed by atoms with Crippen molar-refractivity contribution in [1.29, 1.82) is 0 Å². The van der Waals surface area contributed by atoms with E-state index in [2.05, 4.69) is 21.6 Å². The van der Waals surface area contributed by atoms with Crippen molar-refractivity contribution in [3.05, 3.63) is 35.4 Å². The standard InChI is InChI=1S/C15H23N3O/c1-18(2)11-12-5-3-6-13(9-12)15(19)17-14-7-4-8-16-10-14/h3,5-6,9,14,16H,4,7-8,10-11H2,1-2H3,(H,17,19).